The van der Waals surface area contributed by atoms with Crippen molar-refractivity contribution in [3.8, 4) is 11.3 Å². The van der Waals surface area contributed by atoms with Crippen LogP contribution in [0, 0.1) is 0 Å². The number of halogens is 1. The Balaban J connectivity index is 1.60. The van der Waals surface area contributed by atoms with E-state index < -0.39 is 0 Å². The van der Waals surface area contributed by atoms with Crippen LogP contribution in [0.2, 0.25) is 5.02 Å². The lowest BCUT2D eigenvalue weighted by Gasteiger charge is -2.11. The molecule has 0 atom stereocenters. The van der Waals surface area contributed by atoms with E-state index in [1.807, 2.05) is 31.2 Å². The Bertz CT molecular complexity index is 1300. The molecule has 156 valence electrons. The molecule has 6 nitrogen and oxygen atoms in total. The van der Waals surface area contributed by atoms with Crippen LogP contribution in [0.5, 0.6) is 0 Å². The van der Waals surface area contributed by atoms with Gasteiger partial charge in [-0.2, -0.15) is 0 Å². The summed E-state index contributed by atoms with van der Waals surface area (Å²) in [6.45, 7) is 2.91. The second-order valence-electron chi connectivity index (χ2n) is 7.11. The highest BCUT2D eigenvalue weighted by Crippen LogP contribution is 2.18. The molecule has 2 aromatic heterocycles. The molecule has 4 aromatic rings. The largest absolute Gasteiger partial charge is 0.348 e. The zero-order valence-corrected chi connectivity index (χ0v) is 17.8. The summed E-state index contributed by atoms with van der Waals surface area (Å²) in [5.41, 5.74) is 3.39. The molecular formula is C24H21ClN4O2. The van der Waals surface area contributed by atoms with Gasteiger partial charge in [0.15, 0.2) is 5.65 Å². The highest BCUT2D eigenvalue weighted by atomic mass is 35.5. The van der Waals surface area contributed by atoms with Crippen LogP contribution in [0.1, 0.15) is 29.3 Å². The average Bonchev–Trinajstić information content (AvgIpc) is 2.80. The third-order valence-electron chi connectivity index (χ3n) is 4.97. The summed E-state index contributed by atoms with van der Waals surface area (Å²) in [7, 11) is 0. The fourth-order valence-electron chi connectivity index (χ4n) is 3.39. The van der Waals surface area contributed by atoms with Crippen molar-refractivity contribution in [1.29, 1.82) is 0 Å². The van der Waals surface area contributed by atoms with Gasteiger partial charge in [-0.15, -0.1) is 0 Å². The van der Waals surface area contributed by atoms with Gasteiger partial charge in [0.2, 0.25) is 0 Å². The molecular weight excluding hydrogens is 412 g/mol. The van der Waals surface area contributed by atoms with E-state index in [0.29, 0.717) is 46.1 Å². The predicted octanol–water partition coefficient (Wildman–Crippen LogP) is 4.45. The van der Waals surface area contributed by atoms with Gasteiger partial charge < -0.3 is 5.32 Å². The Morgan fingerprint density at radius 3 is 2.58 bits per heavy atom. The van der Waals surface area contributed by atoms with E-state index in [0.717, 1.165) is 12.0 Å². The van der Waals surface area contributed by atoms with Gasteiger partial charge in [-0.05, 0) is 42.3 Å². The molecule has 0 aliphatic rings. The van der Waals surface area contributed by atoms with Crippen molar-refractivity contribution in [2.24, 2.45) is 0 Å². The van der Waals surface area contributed by atoms with Crippen LogP contribution in [-0.4, -0.2) is 20.4 Å². The Hall–Kier alpha value is -3.51. The molecule has 4 rings (SSSR count). The Kier molecular flexibility index (Phi) is 6.09. The molecule has 0 fully saturated rings. The summed E-state index contributed by atoms with van der Waals surface area (Å²) in [5, 5.41) is 3.47. The molecule has 0 radical (unpaired) electrons. The first-order valence-electron chi connectivity index (χ1n) is 10.1. The van der Waals surface area contributed by atoms with E-state index in [1.165, 1.54) is 0 Å². The molecule has 1 N–H and O–H groups in total. The highest BCUT2D eigenvalue weighted by molar-refractivity contribution is 6.31. The van der Waals surface area contributed by atoms with Crippen molar-refractivity contribution in [2.75, 3.05) is 0 Å². The van der Waals surface area contributed by atoms with Crippen LogP contribution in [0.4, 0.5) is 0 Å². The second kappa shape index (κ2) is 9.10. The highest BCUT2D eigenvalue weighted by Gasteiger charge is 2.14. The number of aromatic nitrogens is 3. The van der Waals surface area contributed by atoms with Gasteiger partial charge in [0, 0.05) is 35.4 Å². The molecule has 0 bridgehead atoms. The molecule has 7 heteroatoms. The number of carbonyl (C=O) groups excluding carboxylic acids is 1. The zero-order chi connectivity index (χ0) is 21.8. The van der Waals surface area contributed by atoms with Crippen molar-refractivity contribution in [1.82, 2.24) is 19.9 Å². The van der Waals surface area contributed by atoms with E-state index in [9.17, 15) is 9.59 Å². The van der Waals surface area contributed by atoms with Gasteiger partial charge in [-0.1, -0.05) is 48.9 Å². The van der Waals surface area contributed by atoms with Crippen LogP contribution in [0.3, 0.4) is 0 Å². The molecule has 0 saturated heterocycles. The van der Waals surface area contributed by atoms with Crippen LogP contribution in [0.15, 0.2) is 71.7 Å². The summed E-state index contributed by atoms with van der Waals surface area (Å²) in [5.74, 6) is -0.217. The Labute approximate surface area is 184 Å². The molecule has 31 heavy (non-hydrogen) atoms. The number of carbonyl (C=O) groups is 1. The Morgan fingerprint density at radius 1 is 1.06 bits per heavy atom. The minimum Gasteiger partial charge on any atom is -0.348 e. The van der Waals surface area contributed by atoms with Gasteiger partial charge in [-0.25, -0.2) is 9.97 Å². The SMILES string of the molecule is CCCn1c(=O)c(-c2ccc(C(=O)NCc3ccccc3Cl)cc2)nc2cccnc21. The minimum absolute atomic E-state index is 0.191. The molecule has 2 aromatic carbocycles. The summed E-state index contributed by atoms with van der Waals surface area (Å²) in [6, 6.07) is 17.9. The van der Waals surface area contributed by atoms with Crippen LogP contribution in [0.25, 0.3) is 22.4 Å². The molecule has 2 heterocycles. The van der Waals surface area contributed by atoms with Crippen molar-refractivity contribution in [3.05, 3.63) is 93.4 Å². The van der Waals surface area contributed by atoms with Crippen molar-refractivity contribution >= 4 is 28.7 Å². The third kappa shape index (κ3) is 4.34. The normalized spacial score (nSPS) is 10.9. The van der Waals surface area contributed by atoms with Crippen molar-refractivity contribution in [2.45, 2.75) is 26.4 Å². The predicted molar refractivity (Wildman–Crippen MR) is 122 cm³/mol. The molecule has 0 spiro atoms. The standard InChI is InChI=1S/C24H21ClN4O2/c1-2-14-29-22-20(8-5-13-26-22)28-21(24(29)31)16-9-11-17(12-10-16)23(30)27-15-18-6-3-4-7-19(18)25/h3-13H,2,14-15H2,1H3,(H,27,30). The first-order chi connectivity index (χ1) is 15.1. The number of hydrogen-bond acceptors (Lipinski definition) is 4. The number of amides is 1. The summed E-state index contributed by atoms with van der Waals surface area (Å²) >= 11 is 6.14. The van der Waals surface area contributed by atoms with Gasteiger partial charge in [-0.3, -0.25) is 14.2 Å². The summed E-state index contributed by atoms with van der Waals surface area (Å²) in [4.78, 5) is 34.4. The quantitative estimate of drug-likeness (QED) is 0.488. The van der Waals surface area contributed by atoms with Gasteiger partial charge in [0.1, 0.15) is 11.2 Å². The lowest BCUT2D eigenvalue weighted by molar-refractivity contribution is 0.0951. The van der Waals surface area contributed by atoms with Crippen molar-refractivity contribution < 1.29 is 4.79 Å². The second-order valence-corrected chi connectivity index (χ2v) is 7.52. The van der Waals surface area contributed by atoms with Crippen LogP contribution >= 0.6 is 11.6 Å². The lowest BCUT2D eigenvalue weighted by Crippen LogP contribution is -2.24. The average molecular weight is 433 g/mol. The molecule has 0 unspecified atom stereocenters. The number of hydrogen-bond donors (Lipinski definition) is 1. The van der Waals surface area contributed by atoms with Gasteiger partial charge in [0.05, 0.1) is 0 Å². The first-order valence-corrected chi connectivity index (χ1v) is 10.4. The molecule has 0 aliphatic carbocycles. The number of nitrogens with zero attached hydrogens (tertiary/aromatic N) is 3. The number of aryl methyl sites for hydroxylation is 1. The number of rotatable bonds is 6. The first kappa shape index (κ1) is 20.8. The maximum Gasteiger partial charge on any atom is 0.278 e. The fourth-order valence-corrected chi connectivity index (χ4v) is 3.60. The molecule has 0 aliphatic heterocycles. The number of pyridine rings is 1. The lowest BCUT2D eigenvalue weighted by atomic mass is 10.1. The monoisotopic (exact) mass is 432 g/mol. The minimum atomic E-state index is -0.217. The maximum atomic E-state index is 13.1. The molecule has 1 amide bonds. The Morgan fingerprint density at radius 2 is 1.84 bits per heavy atom. The van der Waals surface area contributed by atoms with E-state index >= 15 is 0 Å². The maximum absolute atomic E-state index is 13.1. The molecule has 0 saturated carbocycles. The smallest absolute Gasteiger partial charge is 0.278 e. The summed E-state index contributed by atoms with van der Waals surface area (Å²) < 4.78 is 1.65. The van der Waals surface area contributed by atoms with Gasteiger partial charge >= 0.3 is 0 Å². The van der Waals surface area contributed by atoms with Crippen molar-refractivity contribution in [3.63, 3.8) is 0 Å². The fraction of sp³-hybridized carbons (Fsp3) is 0.167. The van der Waals surface area contributed by atoms with Gasteiger partial charge in [0.25, 0.3) is 11.5 Å². The van der Waals surface area contributed by atoms with E-state index in [1.54, 1.807) is 47.2 Å². The van der Waals surface area contributed by atoms with Crippen LogP contribution < -0.4 is 10.9 Å². The number of nitrogens with one attached hydrogen (secondary N) is 1. The number of fused-ring (bicyclic) bond motifs is 1. The van der Waals surface area contributed by atoms with Crippen LogP contribution in [-0.2, 0) is 13.1 Å². The third-order valence-corrected chi connectivity index (χ3v) is 5.34. The number of benzene rings is 2. The zero-order valence-electron chi connectivity index (χ0n) is 17.0. The summed E-state index contributed by atoms with van der Waals surface area (Å²) in [6.07, 6.45) is 2.46. The topological polar surface area (TPSA) is 76.9 Å². The van der Waals surface area contributed by atoms with E-state index in [2.05, 4.69) is 15.3 Å². The van der Waals surface area contributed by atoms with E-state index in [-0.39, 0.29) is 11.5 Å². The van der Waals surface area contributed by atoms with E-state index in [4.69, 9.17) is 11.6 Å².